The highest BCUT2D eigenvalue weighted by Crippen LogP contribution is 2.37. The Morgan fingerprint density at radius 2 is 1.73 bits per heavy atom. The first-order chi connectivity index (χ1) is 14.7. The molecule has 0 atom stereocenters. The average molecular weight is 397 g/mol. The number of ether oxygens (including phenoxy) is 1. The van der Waals surface area contributed by atoms with Gasteiger partial charge in [0.2, 0.25) is 5.91 Å². The number of furan rings is 1. The Morgan fingerprint density at radius 3 is 2.43 bits per heavy atom. The largest absolute Gasteiger partial charge is 0.496 e. The van der Waals surface area contributed by atoms with Crippen molar-refractivity contribution < 1.29 is 13.9 Å². The molecule has 1 N–H and O–H groups in total. The molecule has 0 saturated carbocycles. The van der Waals surface area contributed by atoms with Gasteiger partial charge in [0.15, 0.2) is 0 Å². The standard InChI is InChI=1S/C26H23NO3/c1-18(13-26(28)27-16-19-9-5-3-6-10-19)21-14-22-23(20-11-7-4-8-12-20)17-30-25(22)15-24(21)29-2/h3-15,17H,16H2,1-2H3,(H,27,28)/b18-13+. The van der Waals surface area contributed by atoms with Gasteiger partial charge < -0.3 is 14.5 Å². The van der Waals surface area contributed by atoms with Gasteiger partial charge in [-0.2, -0.15) is 0 Å². The first kappa shape index (κ1) is 19.5. The second-order valence-corrected chi connectivity index (χ2v) is 7.09. The van der Waals surface area contributed by atoms with E-state index in [9.17, 15) is 4.79 Å². The quantitative estimate of drug-likeness (QED) is 0.417. The van der Waals surface area contributed by atoms with Crippen LogP contribution in [0.5, 0.6) is 5.75 Å². The molecule has 1 heterocycles. The summed E-state index contributed by atoms with van der Waals surface area (Å²) in [6.07, 6.45) is 3.36. The van der Waals surface area contributed by atoms with Crippen molar-refractivity contribution in [2.75, 3.05) is 7.11 Å². The molecular weight excluding hydrogens is 374 g/mol. The molecule has 4 nitrogen and oxygen atoms in total. The minimum absolute atomic E-state index is 0.144. The third kappa shape index (κ3) is 4.13. The molecule has 0 fully saturated rings. The molecule has 4 rings (SSSR count). The van der Waals surface area contributed by atoms with Crippen LogP contribution in [0, 0.1) is 0 Å². The second kappa shape index (κ2) is 8.70. The molecule has 1 aromatic heterocycles. The van der Waals surface area contributed by atoms with Gasteiger partial charge in [-0.25, -0.2) is 0 Å². The lowest BCUT2D eigenvalue weighted by molar-refractivity contribution is -0.116. The molecule has 4 heteroatoms. The maximum absolute atomic E-state index is 12.5. The summed E-state index contributed by atoms with van der Waals surface area (Å²) >= 11 is 0. The molecular formula is C26H23NO3. The SMILES string of the molecule is COc1cc2occ(-c3ccccc3)c2cc1/C(C)=C/C(=O)NCc1ccccc1. The number of fused-ring (bicyclic) bond motifs is 1. The summed E-state index contributed by atoms with van der Waals surface area (Å²) in [4.78, 5) is 12.5. The number of carbonyl (C=O) groups excluding carboxylic acids is 1. The normalized spacial score (nSPS) is 11.5. The first-order valence-corrected chi connectivity index (χ1v) is 9.81. The molecule has 0 aliphatic carbocycles. The van der Waals surface area contributed by atoms with Crippen LogP contribution in [0.3, 0.4) is 0 Å². The summed E-state index contributed by atoms with van der Waals surface area (Å²) in [6, 6.07) is 23.8. The Labute approximate surface area is 175 Å². The Hall–Kier alpha value is -3.79. The Morgan fingerprint density at radius 1 is 1.03 bits per heavy atom. The zero-order chi connectivity index (χ0) is 20.9. The zero-order valence-electron chi connectivity index (χ0n) is 17.0. The zero-order valence-corrected chi connectivity index (χ0v) is 17.0. The first-order valence-electron chi connectivity index (χ1n) is 9.81. The van der Waals surface area contributed by atoms with Crippen molar-refractivity contribution in [1.29, 1.82) is 0 Å². The van der Waals surface area contributed by atoms with Gasteiger partial charge in [-0.15, -0.1) is 0 Å². The van der Waals surface area contributed by atoms with Gasteiger partial charge in [0.05, 0.1) is 13.4 Å². The third-order valence-electron chi connectivity index (χ3n) is 5.06. The van der Waals surface area contributed by atoms with Crippen molar-refractivity contribution >= 4 is 22.4 Å². The van der Waals surface area contributed by atoms with Gasteiger partial charge in [0.1, 0.15) is 11.3 Å². The molecule has 4 aromatic rings. The van der Waals surface area contributed by atoms with Crippen LogP contribution in [0.15, 0.2) is 89.6 Å². The monoisotopic (exact) mass is 397 g/mol. The van der Waals surface area contributed by atoms with E-state index < -0.39 is 0 Å². The van der Waals surface area contributed by atoms with Crippen molar-refractivity contribution in [1.82, 2.24) is 5.32 Å². The minimum Gasteiger partial charge on any atom is -0.496 e. The van der Waals surface area contributed by atoms with E-state index in [1.165, 1.54) is 0 Å². The summed E-state index contributed by atoms with van der Waals surface area (Å²) in [5.74, 6) is 0.523. The molecule has 0 radical (unpaired) electrons. The molecule has 0 saturated heterocycles. The predicted octanol–water partition coefficient (Wildman–Crippen LogP) is 5.83. The summed E-state index contributed by atoms with van der Waals surface area (Å²) in [5, 5.41) is 3.91. The molecule has 0 bridgehead atoms. The van der Waals surface area contributed by atoms with Gasteiger partial charge >= 0.3 is 0 Å². The Bertz CT molecular complexity index is 1190. The number of amides is 1. The number of hydrogen-bond acceptors (Lipinski definition) is 3. The van der Waals surface area contributed by atoms with Crippen LogP contribution in [0.4, 0.5) is 0 Å². The van der Waals surface area contributed by atoms with Gasteiger partial charge in [-0.1, -0.05) is 60.7 Å². The molecule has 1 amide bonds. The van der Waals surface area contributed by atoms with Crippen LogP contribution in [0.1, 0.15) is 18.1 Å². The van der Waals surface area contributed by atoms with E-state index in [1.54, 1.807) is 19.4 Å². The minimum atomic E-state index is -0.144. The van der Waals surface area contributed by atoms with Crippen LogP contribution < -0.4 is 10.1 Å². The van der Waals surface area contributed by atoms with Gasteiger partial charge in [-0.3, -0.25) is 4.79 Å². The highest BCUT2D eigenvalue weighted by molar-refractivity contribution is 6.00. The predicted molar refractivity (Wildman–Crippen MR) is 120 cm³/mol. The van der Waals surface area contributed by atoms with Crippen molar-refractivity contribution in [3.05, 3.63) is 96.3 Å². The van der Waals surface area contributed by atoms with E-state index in [-0.39, 0.29) is 5.91 Å². The number of carbonyl (C=O) groups is 1. The van der Waals surface area contributed by atoms with Crippen molar-refractivity contribution in [3.63, 3.8) is 0 Å². The fourth-order valence-electron chi connectivity index (χ4n) is 3.48. The van der Waals surface area contributed by atoms with Crippen molar-refractivity contribution in [2.45, 2.75) is 13.5 Å². The Balaban J connectivity index is 1.64. The van der Waals surface area contributed by atoms with Gasteiger partial charge in [0.25, 0.3) is 0 Å². The van der Waals surface area contributed by atoms with Crippen LogP contribution in [-0.2, 0) is 11.3 Å². The third-order valence-corrected chi connectivity index (χ3v) is 5.06. The average Bonchev–Trinajstić information content (AvgIpc) is 3.21. The number of hydrogen-bond donors (Lipinski definition) is 1. The van der Waals surface area contributed by atoms with E-state index in [0.29, 0.717) is 12.3 Å². The number of methoxy groups -OCH3 is 1. The summed E-state index contributed by atoms with van der Waals surface area (Å²) in [7, 11) is 1.62. The molecule has 0 unspecified atom stereocenters. The van der Waals surface area contributed by atoms with Crippen LogP contribution in [0.25, 0.3) is 27.7 Å². The van der Waals surface area contributed by atoms with E-state index in [1.807, 2.05) is 79.7 Å². The summed E-state index contributed by atoms with van der Waals surface area (Å²) in [6.45, 7) is 2.40. The molecule has 3 aromatic carbocycles. The van der Waals surface area contributed by atoms with Gasteiger partial charge in [0, 0.05) is 35.2 Å². The molecule has 150 valence electrons. The van der Waals surface area contributed by atoms with Crippen molar-refractivity contribution in [2.24, 2.45) is 0 Å². The topological polar surface area (TPSA) is 51.5 Å². The highest BCUT2D eigenvalue weighted by Gasteiger charge is 2.14. The number of rotatable bonds is 6. The molecule has 30 heavy (non-hydrogen) atoms. The fraction of sp³-hybridized carbons (Fsp3) is 0.115. The molecule has 0 aliphatic rings. The smallest absolute Gasteiger partial charge is 0.244 e. The van der Waals surface area contributed by atoms with E-state index in [2.05, 4.69) is 5.32 Å². The lowest BCUT2D eigenvalue weighted by Crippen LogP contribution is -2.20. The highest BCUT2D eigenvalue weighted by atomic mass is 16.5. The van der Waals surface area contributed by atoms with Gasteiger partial charge in [-0.05, 0) is 29.7 Å². The summed E-state index contributed by atoms with van der Waals surface area (Å²) in [5.41, 5.74) is 5.57. The van der Waals surface area contributed by atoms with Crippen LogP contribution >= 0.6 is 0 Å². The summed E-state index contributed by atoms with van der Waals surface area (Å²) < 4.78 is 11.3. The number of nitrogens with one attached hydrogen (secondary N) is 1. The fourth-order valence-corrected chi connectivity index (χ4v) is 3.48. The van der Waals surface area contributed by atoms with Crippen molar-refractivity contribution in [3.8, 4) is 16.9 Å². The maximum Gasteiger partial charge on any atom is 0.244 e. The van der Waals surface area contributed by atoms with E-state index >= 15 is 0 Å². The molecule has 0 aliphatic heterocycles. The van der Waals surface area contributed by atoms with Crippen LogP contribution in [-0.4, -0.2) is 13.0 Å². The lowest BCUT2D eigenvalue weighted by Gasteiger charge is -2.10. The van der Waals surface area contributed by atoms with E-state index in [4.69, 9.17) is 9.15 Å². The number of benzene rings is 3. The Kier molecular flexibility index (Phi) is 5.66. The number of allylic oxidation sites excluding steroid dienone is 1. The van der Waals surface area contributed by atoms with Crippen LogP contribution in [0.2, 0.25) is 0 Å². The lowest BCUT2D eigenvalue weighted by atomic mass is 9.99. The maximum atomic E-state index is 12.5. The second-order valence-electron chi connectivity index (χ2n) is 7.09. The molecule has 0 spiro atoms. The van der Waals surface area contributed by atoms with E-state index in [0.717, 1.165) is 38.8 Å².